The third-order valence-corrected chi connectivity index (χ3v) is 2.72. The van der Waals surface area contributed by atoms with Crippen molar-refractivity contribution >= 4 is 11.6 Å². The fourth-order valence-electron chi connectivity index (χ4n) is 1.99. The topological polar surface area (TPSA) is 40.6 Å². The zero-order chi connectivity index (χ0) is 12.6. The van der Waals surface area contributed by atoms with Gasteiger partial charge < -0.3 is 9.80 Å². The van der Waals surface area contributed by atoms with Crippen molar-refractivity contribution in [2.45, 2.75) is 13.8 Å². The summed E-state index contributed by atoms with van der Waals surface area (Å²) in [6.45, 7) is 3.40. The number of allylic oxidation sites excluding steroid dienone is 2. The Kier molecular flexibility index (Phi) is 3.21. The Hall–Kier alpha value is -1.58. The lowest BCUT2D eigenvalue weighted by atomic mass is 9.91. The van der Waals surface area contributed by atoms with Crippen molar-refractivity contribution in [3.63, 3.8) is 0 Å². The first-order valence-corrected chi connectivity index (χ1v) is 5.14. The molecule has 0 unspecified atom stereocenters. The maximum absolute atomic E-state index is 12.1. The molecule has 4 heteroatoms. The van der Waals surface area contributed by atoms with E-state index in [2.05, 4.69) is 0 Å². The van der Waals surface area contributed by atoms with E-state index in [1.807, 2.05) is 0 Å². The van der Waals surface area contributed by atoms with E-state index in [4.69, 9.17) is 0 Å². The van der Waals surface area contributed by atoms with Crippen LogP contribution in [-0.2, 0) is 9.59 Å². The fourth-order valence-corrected chi connectivity index (χ4v) is 1.99. The lowest BCUT2D eigenvalue weighted by Gasteiger charge is -2.28. The molecule has 0 spiro atoms. The first-order chi connectivity index (χ1) is 7.29. The average Bonchev–Trinajstić information content (AvgIpc) is 2.14. The van der Waals surface area contributed by atoms with Crippen LogP contribution in [0.4, 0.5) is 0 Å². The van der Waals surface area contributed by atoms with Crippen LogP contribution < -0.4 is 0 Å². The number of carbonyl (C=O) groups is 2. The van der Waals surface area contributed by atoms with Crippen molar-refractivity contribution in [1.82, 2.24) is 9.80 Å². The minimum atomic E-state index is -0.0641. The first kappa shape index (κ1) is 12.5. The molecule has 4 nitrogen and oxygen atoms in total. The molecule has 0 aromatic rings. The molecule has 0 bridgehead atoms. The second-order valence-electron chi connectivity index (χ2n) is 4.39. The highest BCUT2D eigenvalue weighted by molar-refractivity contribution is 6.24. The van der Waals surface area contributed by atoms with Crippen LogP contribution in [0, 0.1) is 0 Å². The van der Waals surface area contributed by atoms with Gasteiger partial charge in [0.25, 0.3) is 0 Å². The monoisotopic (exact) mass is 222 g/mol. The molecule has 0 amide bonds. The van der Waals surface area contributed by atoms with Crippen LogP contribution in [0.15, 0.2) is 22.5 Å². The minimum Gasteiger partial charge on any atom is -0.374 e. The van der Waals surface area contributed by atoms with E-state index in [1.54, 1.807) is 51.8 Å². The SMILES string of the molecule is CC1=C(N(C)C)C(=O)C(C)=C(N(C)C)C1=O. The van der Waals surface area contributed by atoms with Gasteiger partial charge in [-0.15, -0.1) is 0 Å². The summed E-state index contributed by atoms with van der Waals surface area (Å²) >= 11 is 0. The lowest BCUT2D eigenvalue weighted by molar-refractivity contribution is -0.118. The van der Waals surface area contributed by atoms with Crippen LogP contribution >= 0.6 is 0 Å². The van der Waals surface area contributed by atoms with E-state index in [9.17, 15) is 9.59 Å². The van der Waals surface area contributed by atoms with Crippen molar-refractivity contribution in [3.05, 3.63) is 22.5 Å². The van der Waals surface area contributed by atoms with Gasteiger partial charge in [0.1, 0.15) is 0 Å². The Morgan fingerprint density at radius 2 is 0.938 bits per heavy atom. The highest BCUT2D eigenvalue weighted by Gasteiger charge is 2.32. The van der Waals surface area contributed by atoms with Crippen molar-refractivity contribution in [1.29, 1.82) is 0 Å². The van der Waals surface area contributed by atoms with Gasteiger partial charge in [0, 0.05) is 39.3 Å². The van der Waals surface area contributed by atoms with Crippen LogP contribution in [0.3, 0.4) is 0 Å². The minimum absolute atomic E-state index is 0.0641. The molecule has 1 aliphatic rings. The van der Waals surface area contributed by atoms with Gasteiger partial charge in [-0.25, -0.2) is 0 Å². The number of nitrogens with zero attached hydrogens (tertiary/aromatic N) is 2. The van der Waals surface area contributed by atoms with E-state index < -0.39 is 0 Å². The van der Waals surface area contributed by atoms with E-state index in [0.29, 0.717) is 22.5 Å². The summed E-state index contributed by atoms with van der Waals surface area (Å²) in [5, 5.41) is 0. The number of carbonyl (C=O) groups excluding carboxylic acids is 2. The van der Waals surface area contributed by atoms with E-state index >= 15 is 0 Å². The molecular weight excluding hydrogens is 204 g/mol. The molecular formula is C12H18N2O2. The van der Waals surface area contributed by atoms with Crippen LogP contribution in [0.25, 0.3) is 0 Å². The zero-order valence-electron chi connectivity index (χ0n) is 10.7. The molecule has 16 heavy (non-hydrogen) atoms. The quantitative estimate of drug-likeness (QED) is 0.648. The summed E-state index contributed by atoms with van der Waals surface area (Å²) in [6.07, 6.45) is 0. The highest BCUT2D eigenvalue weighted by Crippen LogP contribution is 2.26. The molecule has 0 N–H and O–H groups in total. The van der Waals surface area contributed by atoms with Crippen LogP contribution in [0.1, 0.15) is 13.8 Å². The van der Waals surface area contributed by atoms with Crippen LogP contribution in [0.2, 0.25) is 0 Å². The molecule has 0 atom stereocenters. The molecule has 0 saturated carbocycles. The number of ketones is 2. The zero-order valence-corrected chi connectivity index (χ0v) is 10.7. The molecule has 0 heterocycles. The van der Waals surface area contributed by atoms with Crippen LogP contribution in [0.5, 0.6) is 0 Å². The van der Waals surface area contributed by atoms with Gasteiger partial charge in [-0.05, 0) is 13.8 Å². The largest absolute Gasteiger partial charge is 0.374 e. The molecule has 0 aromatic heterocycles. The smallest absolute Gasteiger partial charge is 0.207 e. The molecule has 88 valence electrons. The summed E-state index contributed by atoms with van der Waals surface area (Å²) in [5.74, 6) is -0.128. The van der Waals surface area contributed by atoms with Gasteiger partial charge in [0.15, 0.2) is 0 Å². The predicted molar refractivity (Wildman–Crippen MR) is 62.8 cm³/mol. The molecule has 0 fully saturated rings. The predicted octanol–water partition coefficient (Wildman–Crippen LogP) is 0.809. The molecule has 0 radical (unpaired) electrons. The van der Waals surface area contributed by atoms with Gasteiger partial charge in [0.05, 0.1) is 11.4 Å². The Morgan fingerprint density at radius 1 is 0.688 bits per heavy atom. The summed E-state index contributed by atoms with van der Waals surface area (Å²) in [4.78, 5) is 27.6. The van der Waals surface area contributed by atoms with Crippen molar-refractivity contribution in [2.24, 2.45) is 0 Å². The Morgan fingerprint density at radius 3 is 1.12 bits per heavy atom. The fraction of sp³-hybridized carbons (Fsp3) is 0.500. The van der Waals surface area contributed by atoms with Gasteiger partial charge in [-0.2, -0.15) is 0 Å². The van der Waals surface area contributed by atoms with Crippen molar-refractivity contribution in [2.75, 3.05) is 28.2 Å². The molecule has 0 saturated heterocycles. The number of likely N-dealkylation sites (N-methyl/N-ethyl adjacent to an activating group) is 2. The van der Waals surface area contributed by atoms with Gasteiger partial charge in [-0.3, -0.25) is 9.59 Å². The Balaban J connectivity index is 3.37. The average molecular weight is 222 g/mol. The van der Waals surface area contributed by atoms with E-state index in [0.717, 1.165) is 0 Å². The van der Waals surface area contributed by atoms with Gasteiger partial charge in [0.2, 0.25) is 11.6 Å². The lowest BCUT2D eigenvalue weighted by Crippen LogP contribution is -2.34. The van der Waals surface area contributed by atoms with Crippen molar-refractivity contribution < 1.29 is 9.59 Å². The highest BCUT2D eigenvalue weighted by atomic mass is 16.1. The van der Waals surface area contributed by atoms with Crippen LogP contribution in [-0.4, -0.2) is 49.6 Å². The summed E-state index contributed by atoms with van der Waals surface area (Å²) in [5.41, 5.74) is 2.02. The number of rotatable bonds is 2. The number of hydrogen-bond acceptors (Lipinski definition) is 4. The van der Waals surface area contributed by atoms with Gasteiger partial charge >= 0.3 is 0 Å². The molecule has 0 aliphatic heterocycles. The summed E-state index contributed by atoms with van der Waals surface area (Å²) in [7, 11) is 7.10. The third-order valence-electron chi connectivity index (χ3n) is 2.72. The molecule has 1 rings (SSSR count). The third kappa shape index (κ3) is 1.75. The number of hydrogen-bond donors (Lipinski definition) is 0. The molecule has 1 aliphatic carbocycles. The number of Topliss-reactive ketones (excluding diaryl/α,β-unsaturated/α-hetero) is 2. The second kappa shape index (κ2) is 4.12. The first-order valence-electron chi connectivity index (χ1n) is 5.14. The maximum atomic E-state index is 12.1. The van der Waals surface area contributed by atoms with Crippen molar-refractivity contribution in [3.8, 4) is 0 Å². The Labute approximate surface area is 96.2 Å². The standard InChI is InChI=1S/C12H18N2O2/c1-7-9(13(3)4)12(16)8(2)10(11(7)15)14(5)6/h1-6H3. The summed E-state index contributed by atoms with van der Waals surface area (Å²) < 4.78 is 0. The maximum Gasteiger partial charge on any atom is 0.207 e. The summed E-state index contributed by atoms with van der Waals surface area (Å²) in [6, 6.07) is 0. The Bertz CT molecular complexity index is 375. The van der Waals surface area contributed by atoms with E-state index in [1.165, 1.54) is 0 Å². The second-order valence-corrected chi connectivity index (χ2v) is 4.39. The van der Waals surface area contributed by atoms with E-state index in [-0.39, 0.29) is 11.6 Å². The molecule has 0 aromatic carbocycles. The normalized spacial score (nSPS) is 17.1. The van der Waals surface area contributed by atoms with Gasteiger partial charge in [-0.1, -0.05) is 0 Å².